The van der Waals surface area contributed by atoms with Gasteiger partial charge in [0.15, 0.2) is 5.78 Å². The quantitative estimate of drug-likeness (QED) is 0.794. The Labute approximate surface area is 102 Å². The molecule has 2 aromatic rings. The highest BCUT2D eigenvalue weighted by molar-refractivity contribution is 6.09. The fourth-order valence-corrected chi connectivity index (χ4v) is 2.11. The molecule has 0 fully saturated rings. The van der Waals surface area contributed by atoms with Crippen LogP contribution < -0.4 is 0 Å². The van der Waals surface area contributed by atoms with Gasteiger partial charge in [0.25, 0.3) is 0 Å². The van der Waals surface area contributed by atoms with E-state index in [9.17, 15) is 4.79 Å². The van der Waals surface area contributed by atoms with Gasteiger partial charge < -0.3 is 4.98 Å². The van der Waals surface area contributed by atoms with E-state index >= 15 is 0 Å². The minimum Gasteiger partial charge on any atom is -0.360 e. The van der Waals surface area contributed by atoms with E-state index in [-0.39, 0.29) is 11.7 Å². The second-order valence-electron chi connectivity index (χ2n) is 5.10. The average molecular weight is 229 g/mol. The lowest BCUT2D eigenvalue weighted by atomic mass is 9.89. The fraction of sp³-hybridized carbons (Fsp3) is 0.400. The number of aryl methyl sites for hydroxylation is 1. The molecule has 17 heavy (non-hydrogen) atoms. The number of carbonyl (C=O) groups excluding carboxylic acids is 1. The highest BCUT2D eigenvalue weighted by atomic mass is 16.1. The van der Waals surface area contributed by atoms with E-state index in [0.29, 0.717) is 5.92 Å². The van der Waals surface area contributed by atoms with Crippen molar-refractivity contribution in [2.45, 2.75) is 27.7 Å². The topological polar surface area (TPSA) is 32.9 Å². The van der Waals surface area contributed by atoms with Gasteiger partial charge in [-0.15, -0.1) is 0 Å². The standard InChI is InChI=1S/C15H19NO/c1-9(2)11(4)15(17)12-8-16-13-7-5-6-10(3)14(12)13/h5-9,11,16H,1-4H3. The van der Waals surface area contributed by atoms with Crippen molar-refractivity contribution >= 4 is 16.7 Å². The Kier molecular flexibility index (Phi) is 3.05. The molecule has 0 radical (unpaired) electrons. The summed E-state index contributed by atoms with van der Waals surface area (Å²) in [6.45, 7) is 8.23. The SMILES string of the molecule is Cc1cccc2[nH]cc(C(=O)C(C)C(C)C)c12. The highest BCUT2D eigenvalue weighted by Crippen LogP contribution is 2.26. The maximum absolute atomic E-state index is 12.4. The molecule has 0 saturated heterocycles. The second kappa shape index (κ2) is 4.36. The number of H-pyrrole nitrogens is 1. The maximum Gasteiger partial charge on any atom is 0.168 e. The van der Waals surface area contributed by atoms with Gasteiger partial charge in [-0.2, -0.15) is 0 Å². The zero-order valence-corrected chi connectivity index (χ0v) is 10.9. The number of benzene rings is 1. The van der Waals surface area contributed by atoms with Gasteiger partial charge in [0.05, 0.1) is 0 Å². The summed E-state index contributed by atoms with van der Waals surface area (Å²) in [7, 11) is 0. The number of fused-ring (bicyclic) bond motifs is 1. The van der Waals surface area contributed by atoms with Crippen molar-refractivity contribution in [3.63, 3.8) is 0 Å². The van der Waals surface area contributed by atoms with E-state index in [1.165, 1.54) is 0 Å². The van der Waals surface area contributed by atoms with Crippen LogP contribution in [0.15, 0.2) is 24.4 Å². The van der Waals surface area contributed by atoms with Gasteiger partial charge in [-0.25, -0.2) is 0 Å². The molecule has 2 heteroatoms. The Morgan fingerprint density at radius 3 is 2.59 bits per heavy atom. The van der Waals surface area contributed by atoms with Crippen LogP contribution in [0, 0.1) is 18.8 Å². The molecule has 90 valence electrons. The molecule has 1 aromatic carbocycles. The summed E-state index contributed by atoms with van der Waals surface area (Å²) < 4.78 is 0. The molecule has 0 aliphatic carbocycles. The third-order valence-corrected chi connectivity index (χ3v) is 3.59. The van der Waals surface area contributed by atoms with Crippen molar-refractivity contribution in [1.29, 1.82) is 0 Å². The molecule has 0 aliphatic heterocycles. The van der Waals surface area contributed by atoms with E-state index in [1.54, 1.807) is 0 Å². The number of carbonyl (C=O) groups is 1. The number of hydrogen-bond donors (Lipinski definition) is 1. The number of Topliss-reactive ketones (excluding diaryl/α,β-unsaturated/α-hetero) is 1. The number of aromatic nitrogens is 1. The summed E-state index contributed by atoms with van der Waals surface area (Å²) in [4.78, 5) is 15.6. The summed E-state index contributed by atoms with van der Waals surface area (Å²) in [6, 6.07) is 6.07. The predicted octanol–water partition coefficient (Wildman–Crippen LogP) is 3.95. The van der Waals surface area contributed by atoms with Gasteiger partial charge in [0, 0.05) is 28.6 Å². The number of ketones is 1. The van der Waals surface area contributed by atoms with Gasteiger partial charge >= 0.3 is 0 Å². The number of rotatable bonds is 3. The fourth-order valence-electron chi connectivity index (χ4n) is 2.11. The summed E-state index contributed by atoms with van der Waals surface area (Å²) in [6.07, 6.45) is 1.85. The first-order valence-electron chi connectivity index (χ1n) is 6.13. The molecule has 0 bridgehead atoms. The van der Waals surface area contributed by atoms with Crippen LogP contribution in [0.5, 0.6) is 0 Å². The molecule has 1 heterocycles. The summed E-state index contributed by atoms with van der Waals surface area (Å²) >= 11 is 0. The van der Waals surface area contributed by atoms with Crippen LogP contribution in [0.4, 0.5) is 0 Å². The molecule has 1 atom stereocenters. The van der Waals surface area contributed by atoms with Crippen molar-refractivity contribution in [1.82, 2.24) is 4.98 Å². The molecular formula is C15H19NO. The third kappa shape index (κ3) is 1.99. The van der Waals surface area contributed by atoms with Gasteiger partial charge in [0.2, 0.25) is 0 Å². The number of hydrogen-bond acceptors (Lipinski definition) is 1. The van der Waals surface area contributed by atoms with Crippen molar-refractivity contribution in [3.05, 3.63) is 35.5 Å². The van der Waals surface area contributed by atoms with Crippen LogP contribution in [-0.4, -0.2) is 10.8 Å². The first-order valence-corrected chi connectivity index (χ1v) is 6.13. The normalized spacial score (nSPS) is 13.2. The molecule has 2 rings (SSSR count). The molecule has 0 spiro atoms. The van der Waals surface area contributed by atoms with E-state index in [1.807, 2.05) is 38.2 Å². The van der Waals surface area contributed by atoms with Gasteiger partial charge in [-0.05, 0) is 24.5 Å². The Balaban J connectivity index is 2.53. The van der Waals surface area contributed by atoms with Crippen LogP contribution in [0.2, 0.25) is 0 Å². The van der Waals surface area contributed by atoms with Crippen LogP contribution in [0.25, 0.3) is 10.9 Å². The summed E-state index contributed by atoms with van der Waals surface area (Å²) in [5, 5.41) is 1.07. The molecule has 0 saturated carbocycles. The Hall–Kier alpha value is -1.57. The minimum absolute atomic E-state index is 0.0635. The summed E-state index contributed by atoms with van der Waals surface area (Å²) in [5.74, 6) is 0.672. The van der Waals surface area contributed by atoms with Crippen molar-refractivity contribution in [3.8, 4) is 0 Å². The van der Waals surface area contributed by atoms with Crippen molar-refractivity contribution in [2.75, 3.05) is 0 Å². The Morgan fingerprint density at radius 2 is 1.94 bits per heavy atom. The Bertz CT molecular complexity index is 551. The minimum atomic E-state index is 0.0635. The van der Waals surface area contributed by atoms with E-state index in [4.69, 9.17) is 0 Å². The average Bonchev–Trinajstić information content (AvgIpc) is 2.72. The molecular weight excluding hydrogens is 210 g/mol. The van der Waals surface area contributed by atoms with Gasteiger partial charge in [-0.3, -0.25) is 4.79 Å². The maximum atomic E-state index is 12.4. The monoisotopic (exact) mass is 229 g/mol. The lowest BCUT2D eigenvalue weighted by Gasteiger charge is -2.13. The zero-order valence-electron chi connectivity index (χ0n) is 10.9. The Morgan fingerprint density at radius 1 is 1.24 bits per heavy atom. The first-order chi connectivity index (χ1) is 8.02. The predicted molar refractivity (Wildman–Crippen MR) is 71.4 cm³/mol. The highest BCUT2D eigenvalue weighted by Gasteiger charge is 2.21. The zero-order chi connectivity index (χ0) is 12.6. The summed E-state index contributed by atoms with van der Waals surface area (Å²) in [5.41, 5.74) is 3.03. The van der Waals surface area contributed by atoms with E-state index < -0.39 is 0 Å². The molecule has 2 nitrogen and oxygen atoms in total. The van der Waals surface area contributed by atoms with Crippen molar-refractivity contribution < 1.29 is 4.79 Å². The van der Waals surface area contributed by atoms with Crippen LogP contribution in [0.3, 0.4) is 0 Å². The largest absolute Gasteiger partial charge is 0.360 e. The lowest BCUT2D eigenvalue weighted by Crippen LogP contribution is -2.16. The van der Waals surface area contributed by atoms with Gasteiger partial charge in [0.1, 0.15) is 0 Å². The lowest BCUT2D eigenvalue weighted by molar-refractivity contribution is 0.0901. The van der Waals surface area contributed by atoms with Crippen molar-refractivity contribution in [2.24, 2.45) is 11.8 Å². The molecule has 0 amide bonds. The smallest absolute Gasteiger partial charge is 0.168 e. The number of nitrogens with one attached hydrogen (secondary N) is 1. The van der Waals surface area contributed by atoms with Crippen LogP contribution >= 0.6 is 0 Å². The van der Waals surface area contributed by atoms with Crippen LogP contribution in [0.1, 0.15) is 36.7 Å². The second-order valence-corrected chi connectivity index (χ2v) is 5.10. The number of aromatic amines is 1. The molecule has 1 unspecified atom stereocenters. The van der Waals surface area contributed by atoms with E-state index in [0.717, 1.165) is 22.0 Å². The van der Waals surface area contributed by atoms with Crippen LogP contribution in [-0.2, 0) is 0 Å². The van der Waals surface area contributed by atoms with E-state index in [2.05, 4.69) is 18.8 Å². The third-order valence-electron chi connectivity index (χ3n) is 3.59. The molecule has 1 aromatic heterocycles. The first kappa shape index (κ1) is 11.9. The van der Waals surface area contributed by atoms with Gasteiger partial charge in [-0.1, -0.05) is 32.9 Å². The molecule has 1 N–H and O–H groups in total. The molecule has 0 aliphatic rings.